The van der Waals surface area contributed by atoms with Crippen LogP contribution in [0.4, 0.5) is 5.69 Å². The molecule has 0 aromatic heterocycles. The molecule has 2 N–H and O–H groups in total. The molecule has 1 amide bonds. The molecule has 1 aliphatic rings. The number of hydrogen-bond donors (Lipinski definition) is 1. The number of nitrogens with two attached hydrogens (primary N) is 1. The minimum atomic E-state index is -0.479. The fourth-order valence-electron chi connectivity index (χ4n) is 2.47. The Morgan fingerprint density at radius 1 is 1.37 bits per heavy atom. The van der Waals surface area contributed by atoms with Crippen LogP contribution >= 0.6 is 0 Å². The van der Waals surface area contributed by atoms with Gasteiger partial charge in [-0.05, 0) is 24.5 Å². The summed E-state index contributed by atoms with van der Waals surface area (Å²) in [5.41, 5.74) is 6.36. The van der Waals surface area contributed by atoms with E-state index in [1.54, 1.807) is 4.90 Å². The Morgan fingerprint density at radius 3 is 2.53 bits per heavy atom. The number of non-ortho nitro benzene ring substituents is 1. The van der Waals surface area contributed by atoms with Gasteiger partial charge in [-0.15, -0.1) is 0 Å². The van der Waals surface area contributed by atoms with Crippen LogP contribution in [0.25, 0.3) is 0 Å². The third-order valence-electron chi connectivity index (χ3n) is 3.30. The van der Waals surface area contributed by atoms with Crippen LogP contribution in [0.2, 0.25) is 0 Å². The Morgan fingerprint density at radius 2 is 2.00 bits per heavy atom. The maximum Gasteiger partial charge on any atom is 0.269 e. The van der Waals surface area contributed by atoms with Crippen molar-refractivity contribution in [3.63, 3.8) is 0 Å². The van der Waals surface area contributed by atoms with Gasteiger partial charge in [0.25, 0.3) is 11.6 Å². The molecule has 2 atom stereocenters. The van der Waals surface area contributed by atoms with Gasteiger partial charge in [-0.25, -0.2) is 0 Å². The maximum atomic E-state index is 12.3. The summed E-state index contributed by atoms with van der Waals surface area (Å²) < 4.78 is 0. The number of carbonyl (C=O) groups excluding carboxylic acids is 1. The predicted molar refractivity (Wildman–Crippen MR) is 70.8 cm³/mol. The molecule has 1 saturated heterocycles. The first-order chi connectivity index (χ1) is 8.97. The molecule has 2 rings (SSSR count). The van der Waals surface area contributed by atoms with Crippen molar-refractivity contribution in [2.75, 3.05) is 13.1 Å². The molecule has 0 spiro atoms. The van der Waals surface area contributed by atoms with E-state index in [9.17, 15) is 14.9 Å². The first-order valence-electron chi connectivity index (χ1n) is 6.26. The average Bonchev–Trinajstić information content (AvgIpc) is 2.37. The molecule has 0 bridgehead atoms. The lowest BCUT2D eigenvalue weighted by atomic mass is 9.96. The second kappa shape index (κ2) is 5.36. The normalized spacial score (nSPS) is 23.2. The lowest BCUT2D eigenvalue weighted by Crippen LogP contribution is -2.48. The Labute approximate surface area is 111 Å². The van der Waals surface area contributed by atoms with Gasteiger partial charge in [-0.2, -0.15) is 0 Å². The van der Waals surface area contributed by atoms with Gasteiger partial charge in [-0.3, -0.25) is 14.9 Å². The zero-order chi connectivity index (χ0) is 14.0. The van der Waals surface area contributed by atoms with E-state index in [1.807, 2.05) is 0 Å². The highest BCUT2D eigenvalue weighted by Gasteiger charge is 2.26. The summed E-state index contributed by atoms with van der Waals surface area (Å²) in [6, 6.07) is 5.68. The molecule has 6 nitrogen and oxygen atoms in total. The minimum absolute atomic E-state index is 0.00532. The fourth-order valence-corrected chi connectivity index (χ4v) is 2.47. The van der Waals surface area contributed by atoms with Crippen molar-refractivity contribution in [2.24, 2.45) is 11.7 Å². The summed E-state index contributed by atoms with van der Waals surface area (Å²) in [6.45, 7) is 3.29. The molecule has 19 heavy (non-hydrogen) atoms. The Kier molecular flexibility index (Phi) is 3.80. The van der Waals surface area contributed by atoms with Gasteiger partial charge in [0.2, 0.25) is 0 Å². The van der Waals surface area contributed by atoms with Crippen LogP contribution in [-0.2, 0) is 0 Å². The second-order valence-electron chi connectivity index (χ2n) is 5.12. The molecule has 1 aromatic rings. The first kappa shape index (κ1) is 13.5. The molecule has 1 aliphatic heterocycles. The van der Waals surface area contributed by atoms with Gasteiger partial charge >= 0.3 is 0 Å². The zero-order valence-corrected chi connectivity index (χ0v) is 10.8. The molecule has 1 aromatic carbocycles. The van der Waals surface area contributed by atoms with Crippen LogP contribution in [0.15, 0.2) is 24.3 Å². The van der Waals surface area contributed by atoms with E-state index in [2.05, 4.69) is 6.92 Å². The van der Waals surface area contributed by atoms with E-state index in [-0.39, 0.29) is 17.6 Å². The van der Waals surface area contributed by atoms with E-state index in [0.29, 0.717) is 24.6 Å². The number of amides is 1. The fraction of sp³-hybridized carbons (Fsp3) is 0.462. The smallest absolute Gasteiger partial charge is 0.269 e. The zero-order valence-electron chi connectivity index (χ0n) is 10.8. The largest absolute Gasteiger partial charge is 0.337 e. The lowest BCUT2D eigenvalue weighted by molar-refractivity contribution is -0.384. The SMILES string of the molecule is CC1CC(N)CN(C(=O)c2ccc([N+](=O)[O-])cc2)C1. The summed E-state index contributed by atoms with van der Waals surface area (Å²) in [4.78, 5) is 24.1. The molecule has 0 radical (unpaired) electrons. The van der Waals surface area contributed by atoms with E-state index in [1.165, 1.54) is 24.3 Å². The van der Waals surface area contributed by atoms with Gasteiger partial charge in [0.1, 0.15) is 0 Å². The van der Waals surface area contributed by atoms with Crippen LogP contribution in [0.5, 0.6) is 0 Å². The molecule has 102 valence electrons. The van der Waals surface area contributed by atoms with Crippen molar-refractivity contribution in [2.45, 2.75) is 19.4 Å². The minimum Gasteiger partial charge on any atom is -0.337 e. The average molecular weight is 263 g/mol. The lowest BCUT2D eigenvalue weighted by Gasteiger charge is -2.34. The Bertz CT molecular complexity index is 476. The summed E-state index contributed by atoms with van der Waals surface area (Å²) in [6.07, 6.45) is 0.921. The number of nitro benzene ring substituents is 1. The third-order valence-corrected chi connectivity index (χ3v) is 3.30. The second-order valence-corrected chi connectivity index (χ2v) is 5.12. The molecule has 1 fully saturated rings. The van der Waals surface area contributed by atoms with Crippen molar-refractivity contribution < 1.29 is 9.72 Å². The number of carbonyl (C=O) groups is 1. The van der Waals surface area contributed by atoms with Gasteiger partial charge in [-0.1, -0.05) is 6.92 Å². The number of benzene rings is 1. The predicted octanol–water partition coefficient (Wildman–Crippen LogP) is 1.40. The highest BCUT2D eigenvalue weighted by molar-refractivity contribution is 5.94. The number of piperidine rings is 1. The molecule has 0 saturated carbocycles. The van der Waals surface area contributed by atoms with Crippen LogP contribution < -0.4 is 5.73 Å². The van der Waals surface area contributed by atoms with Crippen molar-refractivity contribution in [1.82, 2.24) is 4.90 Å². The van der Waals surface area contributed by atoms with Gasteiger partial charge in [0, 0.05) is 36.8 Å². The quantitative estimate of drug-likeness (QED) is 0.645. The Hall–Kier alpha value is -1.95. The third kappa shape index (κ3) is 3.08. The van der Waals surface area contributed by atoms with Crippen molar-refractivity contribution in [3.05, 3.63) is 39.9 Å². The van der Waals surface area contributed by atoms with Crippen molar-refractivity contribution >= 4 is 11.6 Å². The van der Waals surface area contributed by atoms with Crippen LogP contribution in [0.3, 0.4) is 0 Å². The Balaban J connectivity index is 2.12. The molecule has 6 heteroatoms. The molecular weight excluding hydrogens is 246 g/mol. The summed E-state index contributed by atoms with van der Waals surface area (Å²) in [7, 11) is 0. The summed E-state index contributed by atoms with van der Waals surface area (Å²) in [5.74, 6) is 0.266. The van der Waals surface area contributed by atoms with Crippen LogP contribution in [0, 0.1) is 16.0 Å². The highest BCUT2D eigenvalue weighted by Crippen LogP contribution is 2.19. The first-order valence-corrected chi connectivity index (χ1v) is 6.26. The van der Waals surface area contributed by atoms with E-state index < -0.39 is 4.92 Å². The molecule has 1 heterocycles. The van der Waals surface area contributed by atoms with Gasteiger partial charge in [0.05, 0.1) is 4.92 Å². The number of hydrogen-bond acceptors (Lipinski definition) is 4. The summed E-state index contributed by atoms with van der Waals surface area (Å²) in [5, 5.41) is 10.6. The van der Waals surface area contributed by atoms with Crippen LogP contribution in [-0.4, -0.2) is 34.9 Å². The maximum absolute atomic E-state index is 12.3. The summed E-state index contributed by atoms with van der Waals surface area (Å²) >= 11 is 0. The van der Waals surface area contributed by atoms with Crippen molar-refractivity contribution in [3.8, 4) is 0 Å². The standard InChI is InChI=1S/C13H17N3O3/c1-9-6-11(14)8-15(7-9)13(17)10-2-4-12(5-3-10)16(18)19/h2-5,9,11H,6-8,14H2,1H3. The topological polar surface area (TPSA) is 89.5 Å². The van der Waals surface area contributed by atoms with Crippen molar-refractivity contribution in [1.29, 1.82) is 0 Å². The van der Waals surface area contributed by atoms with E-state index >= 15 is 0 Å². The molecule has 0 aliphatic carbocycles. The molecular formula is C13H17N3O3. The van der Waals surface area contributed by atoms with Gasteiger partial charge in [0.15, 0.2) is 0 Å². The van der Waals surface area contributed by atoms with Crippen LogP contribution in [0.1, 0.15) is 23.7 Å². The van der Waals surface area contributed by atoms with Gasteiger partial charge < -0.3 is 10.6 Å². The number of nitro groups is 1. The highest BCUT2D eigenvalue weighted by atomic mass is 16.6. The monoisotopic (exact) mass is 263 g/mol. The number of rotatable bonds is 2. The molecule has 2 unspecified atom stereocenters. The van der Waals surface area contributed by atoms with E-state index in [4.69, 9.17) is 5.73 Å². The number of likely N-dealkylation sites (tertiary alicyclic amines) is 1. The number of nitrogens with zero attached hydrogens (tertiary/aromatic N) is 2. The van der Waals surface area contributed by atoms with E-state index in [0.717, 1.165) is 6.42 Å².